The average Bonchev–Trinajstić information content (AvgIpc) is 3.90. The Balaban J connectivity index is 1.34. The largest absolute Gasteiger partial charge is 0.482 e. The van der Waals surface area contributed by atoms with Crippen molar-refractivity contribution in [2.75, 3.05) is 36.0 Å². The molecule has 0 radical (unpaired) electrons. The number of fused-ring (bicyclic) bond motifs is 1. The van der Waals surface area contributed by atoms with Crippen molar-refractivity contribution in [3.63, 3.8) is 0 Å². The van der Waals surface area contributed by atoms with Crippen molar-refractivity contribution in [2.24, 2.45) is 5.92 Å². The summed E-state index contributed by atoms with van der Waals surface area (Å²) >= 11 is 0. The number of rotatable bonds is 9. The van der Waals surface area contributed by atoms with Crippen molar-refractivity contribution in [3.8, 4) is 16.9 Å². The van der Waals surface area contributed by atoms with Crippen LogP contribution in [0.1, 0.15) is 64.4 Å². The number of carboxylic acid groups (broad SMARTS) is 1. The summed E-state index contributed by atoms with van der Waals surface area (Å²) in [6, 6.07) is 23.9. The molecule has 3 aromatic rings. The first-order chi connectivity index (χ1) is 23.0. The number of ether oxygens (including phenoxy) is 2. The Morgan fingerprint density at radius 2 is 1.71 bits per heavy atom. The molecule has 10 heteroatoms. The lowest BCUT2D eigenvalue weighted by atomic mass is 9.79. The average molecular weight is 654 g/mol. The van der Waals surface area contributed by atoms with E-state index in [2.05, 4.69) is 30.3 Å². The van der Waals surface area contributed by atoms with E-state index in [-0.39, 0.29) is 49.9 Å². The Hall–Kier alpha value is -4.86. The molecule has 0 aromatic heterocycles. The number of carboxylic acids is 1. The second kappa shape index (κ2) is 13.7. The van der Waals surface area contributed by atoms with E-state index in [1.54, 1.807) is 15.9 Å². The van der Waals surface area contributed by atoms with E-state index in [0.29, 0.717) is 36.5 Å². The van der Waals surface area contributed by atoms with E-state index in [0.717, 1.165) is 29.5 Å². The Bertz CT molecular complexity index is 1680. The number of likely N-dealkylation sites (tertiary alicyclic amines) is 1. The highest BCUT2D eigenvalue weighted by molar-refractivity contribution is 6.01. The molecule has 0 bridgehead atoms. The zero-order chi connectivity index (χ0) is 34.0. The number of anilines is 2. The molecule has 1 saturated carbocycles. The molecule has 2 heterocycles. The van der Waals surface area contributed by atoms with Gasteiger partial charge in [0.1, 0.15) is 11.4 Å². The quantitative estimate of drug-likeness (QED) is 0.281. The summed E-state index contributed by atoms with van der Waals surface area (Å²) in [7, 11) is 0. The minimum Gasteiger partial charge on any atom is -0.482 e. The van der Waals surface area contributed by atoms with Crippen LogP contribution in [-0.2, 0) is 19.1 Å². The first kappa shape index (κ1) is 33.1. The van der Waals surface area contributed by atoms with Crippen LogP contribution in [0.25, 0.3) is 11.1 Å². The fraction of sp³-hybridized carbons (Fsp3) is 0.421. The maximum Gasteiger partial charge on any atom is 0.410 e. The summed E-state index contributed by atoms with van der Waals surface area (Å²) in [5.41, 5.74) is 3.70. The predicted octanol–water partition coefficient (Wildman–Crippen LogP) is 6.48. The summed E-state index contributed by atoms with van der Waals surface area (Å²) in [5.74, 6) is -1.43. The third-order valence-electron chi connectivity index (χ3n) is 9.09. The Kier molecular flexibility index (Phi) is 9.44. The first-order valence-electron chi connectivity index (χ1n) is 16.7. The normalized spacial score (nSPS) is 19.3. The molecule has 2 fully saturated rings. The molecule has 2 aliphatic heterocycles. The molecule has 6 rings (SSSR count). The van der Waals surface area contributed by atoms with Gasteiger partial charge in [-0.05, 0) is 87.3 Å². The van der Waals surface area contributed by atoms with Crippen LogP contribution in [-0.4, -0.2) is 71.8 Å². The highest BCUT2D eigenvalue weighted by Gasteiger charge is 2.44. The molecule has 48 heavy (non-hydrogen) atoms. The summed E-state index contributed by atoms with van der Waals surface area (Å²) < 4.78 is 11.4. The highest BCUT2D eigenvalue weighted by atomic mass is 16.6. The van der Waals surface area contributed by atoms with Crippen molar-refractivity contribution in [1.82, 2.24) is 4.90 Å². The Labute approximate surface area is 281 Å². The van der Waals surface area contributed by atoms with Gasteiger partial charge in [0.05, 0.1) is 11.6 Å². The van der Waals surface area contributed by atoms with E-state index >= 15 is 0 Å². The van der Waals surface area contributed by atoms with Gasteiger partial charge in [0.15, 0.2) is 6.61 Å². The van der Waals surface area contributed by atoms with Gasteiger partial charge < -0.3 is 29.3 Å². The molecule has 2 atom stereocenters. The van der Waals surface area contributed by atoms with Crippen molar-refractivity contribution in [3.05, 3.63) is 78.4 Å². The van der Waals surface area contributed by atoms with Crippen LogP contribution in [0.5, 0.6) is 5.75 Å². The number of hydrogen-bond acceptors (Lipinski definition) is 6. The molecule has 10 nitrogen and oxygen atoms in total. The molecule has 3 aliphatic rings. The van der Waals surface area contributed by atoms with Gasteiger partial charge in [-0.25, -0.2) is 4.79 Å². The maximum atomic E-state index is 14.9. The maximum absolute atomic E-state index is 14.9. The number of nitrogens with zero attached hydrogens (tertiary/aromatic N) is 3. The molecular weight excluding hydrogens is 610 g/mol. The van der Waals surface area contributed by atoms with Crippen LogP contribution in [0.3, 0.4) is 0 Å². The van der Waals surface area contributed by atoms with Gasteiger partial charge >= 0.3 is 12.1 Å². The van der Waals surface area contributed by atoms with Crippen molar-refractivity contribution < 1.29 is 33.8 Å². The minimum absolute atomic E-state index is 0.00979. The van der Waals surface area contributed by atoms with Crippen LogP contribution in [0, 0.1) is 5.92 Å². The second-order valence-electron chi connectivity index (χ2n) is 13.8. The van der Waals surface area contributed by atoms with Crippen LogP contribution in [0.15, 0.2) is 72.8 Å². The van der Waals surface area contributed by atoms with E-state index in [9.17, 15) is 19.2 Å². The molecule has 3 amide bonds. The number of benzene rings is 3. The van der Waals surface area contributed by atoms with Gasteiger partial charge in [-0.3, -0.25) is 14.4 Å². The van der Waals surface area contributed by atoms with E-state index in [1.807, 2.05) is 62.1 Å². The van der Waals surface area contributed by atoms with Crippen molar-refractivity contribution >= 4 is 35.3 Å². The lowest BCUT2D eigenvalue weighted by Crippen LogP contribution is -2.51. The lowest BCUT2D eigenvalue weighted by molar-refractivity contribution is -0.137. The highest BCUT2D eigenvalue weighted by Crippen LogP contribution is 2.43. The first-order valence-corrected chi connectivity index (χ1v) is 16.7. The molecular formula is C38H43N3O7. The minimum atomic E-state index is -0.924. The third-order valence-corrected chi connectivity index (χ3v) is 9.09. The number of carbonyl (C=O) groups excluding carboxylic acids is 3. The molecule has 1 saturated heterocycles. The number of carbonyl (C=O) groups is 4. The zero-order valence-corrected chi connectivity index (χ0v) is 27.8. The SMILES string of the molecule is CC(C)(C)OC(=O)N1CC[C@H](c2cccc(-c3ccccc3)c2)[C@@H](C(=O)N(c2ccc3c(c2)N(CCCC(=O)O)C(=O)CO3)C2CC2)C1. The number of amides is 3. The summed E-state index contributed by atoms with van der Waals surface area (Å²) in [5, 5.41) is 9.15. The molecule has 1 aliphatic carbocycles. The predicted molar refractivity (Wildman–Crippen MR) is 182 cm³/mol. The van der Waals surface area contributed by atoms with Crippen molar-refractivity contribution in [2.45, 2.75) is 70.4 Å². The molecule has 0 unspecified atom stereocenters. The number of aliphatic carboxylic acids is 1. The van der Waals surface area contributed by atoms with E-state index < -0.39 is 23.6 Å². The smallest absolute Gasteiger partial charge is 0.410 e. The molecule has 1 N–H and O–H groups in total. The fourth-order valence-corrected chi connectivity index (χ4v) is 6.68. The van der Waals surface area contributed by atoms with Gasteiger partial charge in [-0.2, -0.15) is 0 Å². The Morgan fingerprint density at radius 1 is 0.958 bits per heavy atom. The van der Waals surface area contributed by atoms with Gasteiger partial charge in [0, 0.05) is 37.8 Å². The van der Waals surface area contributed by atoms with Gasteiger partial charge in [-0.15, -0.1) is 0 Å². The third kappa shape index (κ3) is 7.48. The summed E-state index contributed by atoms with van der Waals surface area (Å²) in [6.45, 7) is 6.28. The van der Waals surface area contributed by atoms with Gasteiger partial charge in [0.2, 0.25) is 5.91 Å². The standard InChI is InChI=1S/C38H43N3O7/c1-38(2,3)48-37(46)39-20-18-30(27-12-7-11-26(21-27)25-9-5-4-6-10-25)31(23-39)36(45)41(28-14-15-28)29-16-17-33-32(22-29)40(34(42)24-47-33)19-8-13-35(43)44/h4-7,9-12,16-17,21-22,28,30-31H,8,13-15,18-20,23-24H2,1-3H3,(H,43,44)/t30-,31+/m1/s1. The fourth-order valence-electron chi connectivity index (χ4n) is 6.68. The Morgan fingerprint density at radius 3 is 2.42 bits per heavy atom. The summed E-state index contributed by atoms with van der Waals surface area (Å²) in [6.07, 6.45) is 2.08. The molecule has 252 valence electrons. The zero-order valence-electron chi connectivity index (χ0n) is 27.8. The molecule has 0 spiro atoms. The van der Waals surface area contributed by atoms with E-state index in [4.69, 9.17) is 14.6 Å². The van der Waals surface area contributed by atoms with Crippen LogP contribution in [0.2, 0.25) is 0 Å². The monoisotopic (exact) mass is 653 g/mol. The second-order valence-corrected chi connectivity index (χ2v) is 13.8. The number of hydrogen-bond donors (Lipinski definition) is 1. The van der Waals surface area contributed by atoms with Crippen LogP contribution in [0.4, 0.5) is 16.2 Å². The number of piperidine rings is 1. The van der Waals surface area contributed by atoms with Gasteiger partial charge in [-0.1, -0.05) is 54.6 Å². The van der Waals surface area contributed by atoms with E-state index in [1.165, 1.54) is 0 Å². The topological polar surface area (TPSA) is 117 Å². The van der Waals surface area contributed by atoms with Gasteiger partial charge in [0.25, 0.3) is 5.91 Å². The van der Waals surface area contributed by atoms with Crippen molar-refractivity contribution in [1.29, 1.82) is 0 Å². The van der Waals surface area contributed by atoms with Crippen LogP contribution < -0.4 is 14.5 Å². The van der Waals surface area contributed by atoms with Crippen LogP contribution >= 0.6 is 0 Å². The summed E-state index contributed by atoms with van der Waals surface area (Å²) in [4.78, 5) is 57.3. The molecule has 3 aromatic carbocycles. The lowest BCUT2D eigenvalue weighted by Gasteiger charge is -2.41.